The summed E-state index contributed by atoms with van der Waals surface area (Å²) in [5.74, 6) is 1.86. The second-order valence-corrected chi connectivity index (χ2v) is 8.26. The largest absolute Gasteiger partial charge is 0.378 e. The quantitative estimate of drug-likeness (QED) is 0.365. The molecule has 1 aliphatic heterocycles. The standard InChI is InChI=1S/C23H39N5O2/c1-3-24-23(25-12-7-14-30-21-8-5-4-6-9-21)27-17-20-10-11-22(26-16-20)28-13-15-29-19(2)18-28/h10-11,16,19,21H,3-9,12-15,17-18H2,1-2H3,(H2,24,25,27). The van der Waals surface area contributed by atoms with Crippen LogP contribution >= 0.6 is 0 Å². The number of nitrogens with zero attached hydrogens (tertiary/aromatic N) is 3. The van der Waals surface area contributed by atoms with Crippen LogP contribution in [0.25, 0.3) is 0 Å². The topological polar surface area (TPSA) is 71.0 Å². The Kier molecular flexibility index (Phi) is 9.70. The molecule has 7 nitrogen and oxygen atoms in total. The van der Waals surface area contributed by atoms with Crippen molar-refractivity contribution in [1.29, 1.82) is 0 Å². The summed E-state index contributed by atoms with van der Waals surface area (Å²) in [6.45, 7) is 9.89. The number of pyridine rings is 1. The highest BCUT2D eigenvalue weighted by atomic mass is 16.5. The normalized spacial score (nSPS) is 20.9. The van der Waals surface area contributed by atoms with Crippen molar-refractivity contribution in [3.63, 3.8) is 0 Å². The number of aliphatic imine (C=N–C) groups is 1. The Labute approximate surface area is 181 Å². The predicted molar refractivity (Wildman–Crippen MR) is 122 cm³/mol. The summed E-state index contributed by atoms with van der Waals surface area (Å²) in [5, 5.41) is 6.73. The molecule has 1 saturated heterocycles. The van der Waals surface area contributed by atoms with E-state index in [0.717, 1.165) is 63.2 Å². The van der Waals surface area contributed by atoms with E-state index in [1.807, 2.05) is 6.20 Å². The maximum Gasteiger partial charge on any atom is 0.191 e. The van der Waals surface area contributed by atoms with Crippen molar-refractivity contribution in [2.75, 3.05) is 44.3 Å². The Bertz CT molecular complexity index is 631. The second kappa shape index (κ2) is 12.7. The van der Waals surface area contributed by atoms with Gasteiger partial charge in [0.1, 0.15) is 5.82 Å². The van der Waals surface area contributed by atoms with Gasteiger partial charge < -0.3 is 25.0 Å². The maximum atomic E-state index is 6.00. The third-order valence-corrected chi connectivity index (χ3v) is 5.66. The fourth-order valence-electron chi connectivity index (χ4n) is 4.00. The highest BCUT2D eigenvalue weighted by Gasteiger charge is 2.17. The molecule has 2 heterocycles. The van der Waals surface area contributed by atoms with Crippen LogP contribution in [-0.4, -0.2) is 62.5 Å². The van der Waals surface area contributed by atoms with E-state index in [2.05, 4.69) is 46.5 Å². The molecule has 1 aromatic heterocycles. The van der Waals surface area contributed by atoms with Gasteiger partial charge in [-0.1, -0.05) is 25.3 Å². The first-order chi connectivity index (χ1) is 14.7. The second-order valence-electron chi connectivity index (χ2n) is 8.26. The maximum absolute atomic E-state index is 6.00. The zero-order valence-electron chi connectivity index (χ0n) is 18.7. The summed E-state index contributed by atoms with van der Waals surface area (Å²) in [7, 11) is 0. The summed E-state index contributed by atoms with van der Waals surface area (Å²) < 4.78 is 11.6. The number of hydrogen-bond donors (Lipinski definition) is 2. The summed E-state index contributed by atoms with van der Waals surface area (Å²) >= 11 is 0. The van der Waals surface area contributed by atoms with E-state index in [4.69, 9.17) is 14.5 Å². The minimum absolute atomic E-state index is 0.256. The van der Waals surface area contributed by atoms with Gasteiger partial charge in [0.2, 0.25) is 0 Å². The molecule has 1 atom stereocenters. The molecule has 2 fully saturated rings. The molecule has 1 unspecified atom stereocenters. The lowest BCUT2D eigenvalue weighted by molar-refractivity contribution is 0.0277. The number of rotatable bonds is 9. The van der Waals surface area contributed by atoms with Crippen LogP contribution in [0.5, 0.6) is 0 Å². The number of morpholine rings is 1. The highest BCUT2D eigenvalue weighted by Crippen LogP contribution is 2.20. The van der Waals surface area contributed by atoms with Crippen LogP contribution in [-0.2, 0) is 16.0 Å². The molecule has 1 saturated carbocycles. The number of guanidine groups is 1. The highest BCUT2D eigenvalue weighted by molar-refractivity contribution is 5.79. The first-order valence-corrected chi connectivity index (χ1v) is 11.7. The molecule has 168 valence electrons. The minimum Gasteiger partial charge on any atom is -0.378 e. The first-order valence-electron chi connectivity index (χ1n) is 11.7. The molecule has 0 aromatic carbocycles. The molecule has 1 aromatic rings. The minimum atomic E-state index is 0.256. The van der Waals surface area contributed by atoms with Gasteiger partial charge in [0, 0.05) is 39.0 Å². The van der Waals surface area contributed by atoms with E-state index < -0.39 is 0 Å². The van der Waals surface area contributed by atoms with Crippen molar-refractivity contribution in [3.8, 4) is 0 Å². The smallest absolute Gasteiger partial charge is 0.191 e. The Morgan fingerprint density at radius 1 is 1.27 bits per heavy atom. The number of aromatic nitrogens is 1. The van der Waals surface area contributed by atoms with Gasteiger partial charge in [-0.2, -0.15) is 0 Å². The third-order valence-electron chi connectivity index (χ3n) is 5.66. The van der Waals surface area contributed by atoms with Crippen LogP contribution in [0.1, 0.15) is 57.9 Å². The van der Waals surface area contributed by atoms with Gasteiger partial charge in [-0.05, 0) is 44.7 Å². The molecule has 30 heavy (non-hydrogen) atoms. The van der Waals surface area contributed by atoms with Crippen molar-refractivity contribution >= 4 is 11.8 Å². The Morgan fingerprint density at radius 3 is 2.87 bits per heavy atom. The van der Waals surface area contributed by atoms with Crippen LogP contribution in [0, 0.1) is 0 Å². The molecule has 0 spiro atoms. The predicted octanol–water partition coefficient (Wildman–Crippen LogP) is 3.10. The average Bonchev–Trinajstić information content (AvgIpc) is 2.78. The molecule has 3 rings (SSSR count). The van der Waals surface area contributed by atoms with E-state index in [9.17, 15) is 0 Å². The summed E-state index contributed by atoms with van der Waals surface area (Å²) in [6, 6.07) is 4.21. The third kappa shape index (κ3) is 7.76. The van der Waals surface area contributed by atoms with Crippen LogP contribution < -0.4 is 15.5 Å². The Morgan fingerprint density at radius 2 is 2.13 bits per heavy atom. The monoisotopic (exact) mass is 417 g/mol. The summed E-state index contributed by atoms with van der Waals surface area (Å²) in [5.41, 5.74) is 1.11. The molecule has 0 bridgehead atoms. The van der Waals surface area contributed by atoms with Gasteiger partial charge in [-0.25, -0.2) is 9.98 Å². The van der Waals surface area contributed by atoms with Crippen LogP contribution in [0.2, 0.25) is 0 Å². The lowest BCUT2D eigenvalue weighted by atomic mass is 9.98. The van der Waals surface area contributed by atoms with Gasteiger partial charge in [0.25, 0.3) is 0 Å². The molecule has 2 N–H and O–H groups in total. The van der Waals surface area contributed by atoms with Gasteiger partial charge in [-0.3, -0.25) is 0 Å². The fraction of sp³-hybridized carbons (Fsp3) is 0.739. The lowest BCUT2D eigenvalue weighted by Gasteiger charge is -2.32. The summed E-state index contributed by atoms with van der Waals surface area (Å²) in [6.07, 6.45) is 10.1. The molecule has 0 amide bonds. The van der Waals surface area contributed by atoms with Crippen LogP contribution in [0.15, 0.2) is 23.3 Å². The van der Waals surface area contributed by atoms with Crippen molar-refractivity contribution in [2.24, 2.45) is 4.99 Å². The van der Waals surface area contributed by atoms with Crippen molar-refractivity contribution in [2.45, 2.75) is 71.1 Å². The zero-order chi connectivity index (χ0) is 21.0. The molecule has 2 aliphatic rings. The molecular formula is C23H39N5O2. The van der Waals surface area contributed by atoms with Crippen molar-refractivity contribution < 1.29 is 9.47 Å². The molecular weight excluding hydrogens is 378 g/mol. The van der Waals surface area contributed by atoms with Crippen molar-refractivity contribution in [3.05, 3.63) is 23.9 Å². The van der Waals surface area contributed by atoms with Gasteiger partial charge >= 0.3 is 0 Å². The van der Waals surface area contributed by atoms with E-state index in [0.29, 0.717) is 12.6 Å². The average molecular weight is 418 g/mol. The SMILES string of the molecule is CCNC(=NCc1ccc(N2CCOC(C)C2)nc1)NCCCOC1CCCCC1. The van der Waals surface area contributed by atoms with E-state index >= 15 is 0 Å². The van der Waals surface area contributed by atoms with Crippen LogP contribution in [0.4, 0.5) is 5.82 Å². The lowest BCUT2D eigenvalue weighted by Crippen LogP contribution is -2.41. The molecule has 0 radical (unpaired) electrons. The van der Waals surface area contributed by atoms with E-state index in [1.165, 1.54) is 32.1 Å². The fourth-order valence-corrected chi connectivity index (χ4v) is 4.00. The number of nitrogens with one attached hydrogen (secondary N) is 2. The molecule has 1 aliphatic carbocycles. The van der Waals surface area contributed by atoms with E-state index in [1.54, 1.807) is 0 Å². The number of ether oxygens (including phenoxy) is 2. The van der Waals surface area contributed by atoms with Crippen LogP contribution in [0.3, 0.4) is 0 Å². The zero-order valence-corrected chi connectivity index (χ0v) is 18.7. The first kappa shape index (κ1) is 22.8. The van der Waals surface area contributed by atoms with Gasteiger partial charge in [0.15, 0.2) is 5.96 Å². The number of anilines is 1. The Hall–Kier alpha value is -1.86. The van der Waals surface area contributed by atoms with Gasteiger partial charge in [0.05, 0.1) is 25.4 Å². The van der Waals surface area contributed by atoms with Crippen molar-refractivity contribution in [1.82, 2.24) is 15.6 Å². The van der Waals surface area contributed by atoms with Gasteiger partial charge in [-0.15, -0.1) is 0 Å². The number of hydrogen-bond acceptors (Lipinski definition) is 5. The molecule has 7 heteroatoms. The summed E-state index contributed by atoms with van der Waals surface area (Å²) in [4.78, 5) is 11.6. The Balaban J connectivity index is 1.39. The van der Waals surface area contributed by atoms with E-state index in [-0.39, 0.29) is 6.10 Å².